The average Bonchev–Trinajstić information content (AvgIpc) is 2.28. The number of sulfonamides is 1. The van der Waals surface area contributed by atoms with Gasteiger partial charge in [-0.25, -0.2) is 18.4 Å². The van der Waals surface area contributed by atoms with E-state index in [0.29, 0.717) is 0 Å². The summed E-state index contributed by atoms with van der Waals surface area (Å²) in [4.78, 5) is 7.58. The number of aromatic nitrogens is 2. The molecule has 2 heterocycles. The van der Waals surface area contributed by atoms with Crippen LogP contribution in [0.2, 0.25) is 5.15 Å². The van der Waals surface area contributed by atoms with Crippen molar-refractivity contribution in [2.24, 2.45) is 0 Å². The number of rotatable bonds is 3. The molecule has 1 N–H and O–H groups in total. The second kappa shape index (κ2) is 4.91. The predicted molar refractivity (Wildman–Crippen MR) is 69.0 cm³/mol. The minimum absolute atomic E-state index is 0.0716. The fourth-order valence-electron chi connectivity index (χ4n) is 1.36. The smallest absolute Gasteiger partial charge is 0.263 e. The lowest BCUT2D eigenvalue weighted by molar-refractivity contribution is 0.600. The fourth-order valence-corrected chi connectivity index (χ4v) is 2.81. The Balaban J connectivity index is 2.37. The number of nitrogens with zero attached hydrogens (tertiary/aromatic N) is 2. The van der Waals surface area contributed by atoms with Crippen molar-refractivity contribution in [3.05, 3.63) is 47.4 Å². The van der Waals surface area contributed by atoms with E-state index in [-0.39, 0.29) is 15.9 Å². The molecule has 2 aromatic heterocycles. The van der Waals surface area contributed by atoms with Gasteiger partial charge in [-0.05, 0) is 36.8 Å². The molecular formula is C11H10ClN3O2S. The van der Waals surface area contributed by atoms with Crippen LogP contribution in [-0.2, 0) is 10.0 Å². The molecule has 0 saturated carbocycles. The molecule has 0 radical (unpaired) electrons. The van der Waals surface area contributed by atoms with Crippen molar-refractivity contribution in [2.75, 3.05) is 4.72 Å². The van der Waals surface area contributed by atoms with E-state index in [0.717, 1.165) is 5.56 Å². The van der Waals surface area contributed by atoms with Crippen molar-refractivity contribution in [1.82, 2.24) is 9.97 Å². The highest BCUT2D eigenvalue weighted by atomic mass is 35.5. The molecule has 0 aromatic carbocycles. The first-order valence-corrected chi connectivity index (χ1v) is 6.91. The highest BCUT2D eigenvalue weighted by Gasteiger charge is 2.18. The summed E-state index contributed by atoms with van der Waals surface area (Å²) >= 11 is 5.76. The van der Waals surface area contributed by atoms with Gasteiger partial charge in [-0.1, -0.05) is 11.6 Å². The Labute approximate surface area is 110 Å². The summed E-state index contributed by atoms with van der Waals surface area (Å²) in [5.41, 5.74) is 0.903. The Hall–Kier alpha value is -1.66. The Morgan fingerprint density at radius 2 is 2.00 bits per heavy atom. The van der Waals surface area contributed by atoms with Crippen LogP contribution in [0.1, 0.15) is 5.56 Å². The van der Waals surface area contributed by atoms with Crippen LogP contribution in [0.4, 0.5) is 5.82 Å². The zero-order valence-corrected chi connectivity index (χ0v) is 11.0. The van der Waals surface area contributed by atoms with E-state index < -0.39 is 10.0 Å². The molecule has 0 spiro atoms. The molecular weight excluding hydrogens is 274 g/mol. The summed E-state index contributed by atoms with van der Waals surface area (Å²) in [6.07, 6.45) is 2.95. The summed E-state index contributed by atoms with van der Waals surface area (Å²) in [6.45, 7) is 1.84. The third kappa shape index (κ3) is 2.77. The number of halogens is 1. The minimum Gasteiger partial charge on any atom is -0.263 e. The van der Waals surface area contributed by atoms with Crippen LogP contribution < -0.4 is 4.72 Å². The van der Waals surface area contributed by atoms with E-state index in [1.54, 1.807) is 12.1 Å². The van der Waals surface area contributed by atoms with Gasteiger partial charge in [0.05, 0.1) is 0 Å². The summed E-state index contributed by atoms with van der Waals surface area (Å²) < 4.78 is 26.5. The van der Waals surface area contributed by atoms with E-state index >= 15 is 0 Å². The van der Waals surface area contributed by atoms with Crippen LogP contribution in [0, 0.1) is 6.92 Å². The topological polar surface area (TPSA) is 72.0 Å². The fraction of sp³-hybridized carbons (Fsp3) is 0.0909. The number of pyridine rings is 2. The monoisotopic (exact) mass is 283 g/mol. The van der Waals surface area contributed by atoms with Gasteiger partial charge in [-0.2, -0.15) is 0 Å². The van der Waals surface area contributed by atoms with Crippen LogP contribution in [0.15, 0.2) is 41.6 Å². The molecule has 5 nitrogen and oxygen atoms in total. The highest BCUT2D eigenvalue weighted by molar-refractivity contribution is 7.92. The summed E-state index contributed by atoms with van der Waals surface area (Å²) in [6, 6.07) is 6.29. The molecule has 18 heavy (non-hydrogen) atoms. The molecule has 0 atom stereocenters. The molecule has 0 aliphatic heterocycles. The van der Waals surface area contributed by atoms with Crippen LogP contribution in [0.25, 0.3) is 0 Å². The number of nitrogens with one attached hydrogen (secondary N) is 1. The van der Waals surface area contributed by atoms with Crippen molar-refractivity contribution in [1.29, 1.82) is 0 Å². The first kappa shape index (κ1) is 12.8. The number of aryl methyl sites for hydroxylation is 1. The van der Waals surface area contributed by atoms with E-state index in [4.69, 9.17) is 11.6 Å². The third-order valence-corrected chi connectivity index (χ3v) is 3.97. The SMILES string of the molecule is Cc1ccnc(NS(=O)(=O)c2cccnc2Cl)c1. The Kier molecular flexibility index (Phi) is 3.49. The lowest BCUT2D eigenvalue weighted by Gasteiger charge is -2.08. The van der Waals surface area contributed by atoms with E-state index in [1.807, 2.05) is 6.92 Å². The van der Waals surface area contributed by atoms with Gasteiger partial charge in [0.2, 0.25) is 0 Å². The molecule has 2 rings (SSSR count). The molecule has 0 fully saturated rings. The highest BCUT2D eigenvalue weighted by Crippen LogP contribution is 2.20. The summed E-state index contributed by atoms with van der Waals surface area (Å²) in [5.74, 6) is 0.245. The van der Waals surface area contributed by atoms with Gasteiger partial charge >= 0.3 is 0 Å². The van der Waals surface area contributed by atoms with Crippen LogP contribution in [0.5, 0.6) is 0 Å². The van der Waals surface area contributed by atoms with Crippen LogP contribution in [-0.4, -0.2) is 18.4 Å². The second-order valence-corrected chi connectivity index (χ2v) is 5.63. The minimum atomic E-state index is -3.77. The molecule has 0 aliphatic carbocycles. The van der Waals surface area contributed by atoms with Gasteiger partial charge < -0.3 is 0 Å². The first-order chi connectivity index (χ1) is 8.49. The zero-order chi connectivity index (χ0) is 13.2. The van der Waals surface area contributed by atoms with Crippen molar-refractivity contribution >= 4 is 27.4 Å². The van der Waals surface area contributed by atoms with Gasteiger partial charge in [-0.3, -0.25) is 4.72 Å². The molecule has 0 saturated heterocycles. The molecule has 0 amide bonds. The molecule has 0 aliphatic rings. The molecule has 2 aromatic rings. The van der Waals surface area contributed by atoms with Crippen LogP contribution in [0.3, 0.4) is 0 Å². The maximum Gasteiger partial charge on any atom is 0.266 e. The standard InChI is InChI=1S/C11H10ClN3O2S/c1-8-4-6-13-10(7-8)15-18(16,17)9-3-2-5-14-11(9)12/h2-7H,1H3,(H,13,15). The van der Waals surface area contributed by atoms with E-state index in [9.17, 15) is 8.42 Å². The molecule has 0 unspecified atom stereocenters. The van der Waals surface area contributed by atoms with Crippen molar-refractivity contribution in [3.63, 3.8) is 0 Å². The van der Waals surface area contributed by atoms with Gasteiger partial charge in [-0.15, -0.1) is 0 Å². The van der Waals surface area contributed by atoms with E-state index in [1.165, 1.54) is 24.5 Å². The van der Waals surface area contributed by atoms with Gasteiger partial charge in [0, 0.05) is 12.4 Å². The molecule has 94 valence electrons. The van der Waals surface area contributed by atoms with Crippen molar-refractivity contribution < 1.29 is 8.42 Å². The largest absolute Gasteiger partial charge is 0.266 e. The summed E-state index contributed by atoms with van der Waals surface area (Å²) in [5, 5.41) is -0.0716. The normalized spacial score (nSPS) is 11.2. The Morgan fingerprint density at radius 3 is 2.67 bits per heavy atom. The van der Waals surface area contributed by atoms with E-state index in [2.05, 4.69) is 14.7 Å². The Morgan fingerprint density at radius 1 is 1.22 bits per heavy atom. The van der Waals surface area contributed by atoms with Crippen molar-refractivity contribution in [3.8, 4) is 0 Å². The van der Waals surface area contributed by atoms with Gasteiger partial charge in [0.25, 0.3) is 10.0 Å². The first-order valence-electron chi connectivity index (χ1n) is 5.05. The number of hydrogen-bond acceptors (Lipinski definition) is 4. The summed E-state index contributed by atoms with van der Waals surface area (Å²) in [7, 11) is -3.77. The number of hydrogen-bond donors (Lipinski definition) is 1. The van der Waals surface area contributed by atoms with Crippen molar-refractivity contribution in [2.45, 2.75) is 11.8 Å². The third-order valence-electron chi connectivity index (χ3n) is 2.17. The average molecular weight is 284 g/mol. The zero-order valence-electron chi connectivity index (χ0n) is 9.46. The quantitative estimate of drug-likeness (QED) is 0.877. The van der Waals surface area contributed by atoms with Gasteiger partial charge in [0.1, 0.15) is 15.9 Å². The lowest BCUT2D eigenvalue weighted by Crippen LogP contribution is -2.14. The maximum atomic E-state index is 12.1. The number of anilines is 1. The maximum absolute atomic E-state index is 12.1. The van der Waals surface area contributed by atoms with Crippen LogP contribution >= 0.6 is 11.6 Å². The molecule has 7 heteroatoms. The molecule has 0 bridgehead atoms. The Bertz CT molecular complexity index is 673. The van der Waals surface area contributed by atoms with Gasteiger partial charge in [0.15, 0.2) is 0 Å². The second-order valence-electron chi connectivity index (χ2n) is 3.62. The predicted octanol–water partition coefficient (Wildman–Crippen LogP) is 2.24. The lowest BCUT2D eigenvalue weighted by atomic mass is 10.3.